The van der Waals surface area contributed by atoms with Crippen LogP contribution in [0.1, 0.15) is 49.8 Å². The number of rotatable bonds is 8. The smallest absolute Gasteiger partial charge is 0.259 e. The maximum absolute atomic E-state index is 13.7. The van der Waals surface area contributed by atoms with Gasteiger partial charge in [-0.15, -0.1) is 0 Å². The average molecular weight is 470 g/mol. The molecule has 0 aliphatic carbocycles. The molecule has 0 radical (unpaired) electrons. The van der Waals surface area contributed by atoms with E-state index in [1.54, 1.807) is 30.4 Å². The van der Waals surface area contributed by atoms with E-state index in [2.05, 4.69) is 31.9 Å². The molecule has 1 N–H and O–H groups in total. The molecule has 0 aliphatic rings. The van der Waals surface area contributed by atoms with Gasteiger partial charge in [-0.2, -0.15) is 5.10 Å². The summed E-state index contributed by atoms with van der Waals surface area (Å²) in [7, 11) is 1.74. The molecule has 0 saturated carbocycles. The molecular formula is C28H31N5O2. The number of aromatic nitrogens is 4. The summed E-state index contributed by atoms with van der Waals surface area (Å²) in [6.07, 6.45) is 4.81. The van der Waals surface area contributed by atoms with Crippen molar-refractivity contribution >= 4 is 5.91 Å². The van der Waals surface area contributed by atoms with Crippen molar-refractivity contribution in [3.63, 3.8) is 0 Å². The second-order valence-corrected chi connectivity index (χ2v) is 8.97. The fourth-order valence-electron chi connectivity index (χ4n) is 4.42. The van der Waals surface area contributed by atoms with Crippen LogP contribution in [-0.2, 0) is 25.9 Å². The van der Waals surface area contributed by atoms with E-state index < -0.39 is 0 Å². The number of benzene rings is 1. The minimum atomic E-state index is -0.276. The van der Waals surface area contributed by atoms with Crippen LogP contribution in [0.15, 0.2) is 65.7 Å². The molecule has 0 spiro atoms. The number of nitrogens with zero attached hydrogens (tertiary/aromatic N) is 4. The molecule has 4 rings (SSSR count). The van der Waals surface area contributed by atoms with E-state index in [4.69, 9.17) is 0 Å². The van der Waals surface area contributed by atoms with Crippen LogP contribution >= 0.6 is 0 Å². The van der Waals surface area contributed by atoms with Gasteiger partial charge >= 0.3 is 0 Å². The van der Waals surface area contributed by atoms with Crippen molar-refractivity contribution in [3.8, 4) is 0 Å². The number of hydrogen-bond donors (Lipinski definition) is 1. The van der Waals surface area contributed by atoms with Crippen molar-refractivity contribution in [2.75, 3.05) is 7.05 Å². The van der Waals surface area contributed by atoms with Gasteiger partial charge in [0.2, 0.25) is 0 Å². The van der Waals surface area contributed by atoms with E-state index in [1.807, 2.05) is 51.1 Å². The van der Waals surface area contributed by atoms with Crippen LogP contribution in [0.5, 0.6) is 0 Å². The number of hydrogen-bond acceptors (Lipinski definition) is 4. The number of pyridine rings is 2. The van der Waals surface area contributed by atoms with Crippen LogP contribution in [0.2, 0.25) is 0 Å². The molecular weight excluding hydrogens is 438 g/mol. The number of H-pyrrole nitrogens is 1. The maximum atomic E-state index is 13.7. The third kappa shape index (κ3) is 5.40. The first kappa shape index (κ1) is 24.1. The van der Waals surface area contributed by atoms with E-state index in [9.17, 15) is 9.59 Å². The molecule has 7 heteroatoms. The first-order valence-electron chi connectivity index (χ1n) is 11.8. The summed E-state index contributed by atoms with van der Waals surface area (Å²) in [5.74, 6) is -0.276. The second kappa shape index (κ2) is 10.5. The van der Waals surface area contributed by atoms with Crippen LogP contribution in [0.3, 0.4) is 0 Å². The fraction of sp³-hybridized carbons (Fsp3) is 0.286. The van der Waals surface area contributed by atoms with E-state index >= 15 is 0 Å². The lowest BCUT2D eigenvalue weighted by atomic mass is 10.0. The Hall–Kier alpha value is -4.00. The first-order chi connectivity index (χ1) is 16.8. The summed E-state index contributed by atoms with van der Waals surface area (Å²) in [5.41, 5.74) is 6.55. The van der Waals surface area contributed by atoms with Crippen LogP contribution in [-0.4, -0.2) is 37.6 Å². The van der Waals surface area contributed by atoms with Gasteiger partial charge in [-0.1, -0.05) is 30.3 Å². The van der Waals surface area contributed by atoms with Crippen molar-refractivity contribution in [2.45, 2.75) is 46.7 Å². The van der Waals surface area contributed by atoms with Gasteiger partial charge in [0.05, 0.1) is 5.69 Å². The summed E-state index contributed by atoms with van der Waals surface area (Å²) in [4.78, 5) is 32.7. The summed E-state index contributed by atoms with van der Waals surface area (Å²) < 4.78 is 2.09. The molecule has 3 aromatic heterocycles. The zero-order valence-electron chi connectivity index (χ0n) is 20.7. The van der Waals surface area contributed by atoms with Crippen LogP contribution in [0, 0.1) is 20.8 Å². The molecule has 7 nitrogen and oxygen atoms in total. The SMILES string of the molecule is Cc1n[nH]c(C)c1CN(C)C(=O)c1c(CCc2ccccc2)n(Cc2ccncc2)c(C)cc1=O. The number of nitrogens with one attached hydrogen (secondary N) is 1. The predicted molar refractivity (Wildman–Crippen MR) is 136 cm³/mol. The minimum Gasteiger partial charge on any atom is -0.343 e. The van der Waals surface area contributed by atoms with Crippen LogP contribution in [0.4, 0.5) is 0 Å². The standard InChI is InChI=1S/C28H31N5O2/c1-19-16-26(34)27(28(35)32(4)18-24-20(2)30-31-21(24)3)25(11-10-22-8-6-5-7-9-22)33(19)17-23-12-14-29-15-13-23/h5-9,12-16H,10-11,17-18H2,1-4H3,(H,30,31). The predicted octanol–water partition coefficient (Wildman–Crippen LogP) is 4.00. The van der Waals surface area contributed by atoms with Crippen LogP contribution in [0.25, 0.3) is 0 Å². The molecule has 0 aliphatic heterocycles. The molecule has 35 heavy (non-hydrogen) atoms. The van der Waals surface area contributed by atoms with Crippen molar-refractivity contribution in [2.24, 2.45) is 0 Å². The largest absolute Gasteiger partial charge is 0.343 e. The molecule has 0 unspecified atom stereocenters. The number of aromatic amines is 1. The molecule has 3 heterocycles. The van der Waals surface area contributed by atoms with E-state index in [0.29, 0.717) is 19.5 Å². The minimum absolute atomic E-state index is 0.238. The van der Waals surface area contributed by atoms with E-state index in [1.165, 1.54) is 0 Å². The Kier molecular flexibility index (Phi) is 7.25. The number of aryl methyl sites for hydroxylation is 4. The fourth-order valence-corrected chi connectivity index (χ4v) is 4.42. The Morgan fingerprint density at radius 1 is 1.00 bits per heavy atom. The van der Waals surface area contributed by atoms with E-state index in [-0.39, 0.29) is 16.9 Å². The Morgan fingerprint density at radius 3 is 2.37 bits per heavy atom. The molecule has 0 bridgehead atoms. The lowest BCUT2D eigenvalue weighted by Crippen LogP contribution is -2.34. The number of carbonyl (C=O) groups is 1. The van der Waals surface area contributed by atoms with Gasteiger partial charge < -0.3 is 9.47 Å². The lowest BCUT2D eigenvalue weighted by Gasteiger charge is -2.23. The van der Waals surface area contributed by atoms with Crippen molar-refractivity contribution in [1.29, 1.82) is 0 Å². The monoisotopic (exact) mass is 469 g/mol. The van der Waals surface area contributed by atoms with Gasteiger partial charge in [-0.05, 0) is 56.9 Å². The van der Waals surface area contributed by atoms with Crippen molar-refractivity contribution in [1.82, 2.24) is 24.6 Å². The maximum Gasteiger partial charge on any atom is 0.259 e. The molecule has 180 valence electrons. The average Bonchev–Trinajstić information content (AvgIpc) is 3.17. The van der Waals surface area contributed by atoms with Gasteiger partial charge in [0, 0.05) is 61.2 Å². The molecule has 0 fully saturated rings. The Balaban J connectivity index is 1.76. The highest BCUT2D eigenvalue weighted by molar-refractivity contribution is 5.95. The molecule has 1 amide bonds. The highest BCUT2D eigenvalue weighted by atomic mass is 16.2. The summed E-state index contributed by atoms with van der Waals surface area (Å²) in [6.45, 7) is 6.71. The molecule has 1 aromatic carbocycles. The summed E-state index contributed by atoms with van der Waals surface area (Å²) in [6, 6.07) is 15.6. The molecule has 0 atom stereocenters. The normalized spacial score (nSPS) is 11.0. The quantitative estimate of drug-likeness (QED) is 0.423. The Labute approximate surface area is 205 Å². The zero-order chi connectivity index (χ0) is 24.9. The van der Waals surface area contributed by atoms with Gasteiger partial charge in [0.1, 0.15) is 5.56 Å². The molecule has 4 aromatic rings. The van der Waals surface area contributed by atoms with E-state index in [0.717, 1.165) is 45.9 Å². The highest BCUT2D eigenvalue weighted by Gasteiger charge is 2.24. The van der Waals surface area contributed by atoms with Crippen LogP contribution < -0.4 is 5.43 Å². The summed E-state index contributed by atoms with van der Waals surface area (Å²) in [5, 5.41) is 7.21. The summed E-state index contributed by atoms with van der Waals surface area (Å²) >= 11 is 0. The highest BCUT2D eigenvalue weighted by Crippen LogP contribution is 2.19. The van der Waals surface area contributed by atoms with Gasteiger partial charge in [-0.3, -0.25) is 19.7 Å². The van der Waals surface area contributed by atoms with Gasteiger partial charge in [-0.25, -0.2) is 0 Å². The second-order valence-electron chi connectivity index (χ2n) is 8.97. The third-order valence-electron chi connectivity index (χ3n) is 6.45. The number of amides is 1. The van der Waals surface area contributed by atoms with Gasteiger partial charge in [0.25, 0.3) is 5.91 Å². The Bertz CT molecular complexity index is 1350. The van der Waals surface area contributed by atoms with Gasteiger partial charge in [0.15, 0.2) is 5.43 Å². The Morgan fingerprint density at radius 2 is 1.71 bits per heavy atom. The molecule has 0 saturated heterocycles. The van der Waals surface area contributed by atoms with Crippen molar-refractivity contribution < 1.29 is 4.79 Å². The number of carbonyl (C=O) groups excluding carboxylic acids is 1. The third-order valence-corrected chi connectivity index (χ3v) is 6.45. The van der Waals surface area contributed by atoms with Crippen molar-refractivity contribution in [3.05, 3.63) is 116 Å². The zero-order valence-corrected chi connectivity index (χ0v) is 20.7. The topological polar surface area (TPSA) is 83.9 Å². The first-order valence-corrected chi connectivity index (χ1v) is 11.8. The lowest BCUT2D eigenvalue weighted by molar-refractivity contribution is 0.0781.